The van der Waals surface area contributed by atoms with Crippen LogP contribution in [0.5, 0.6) is 0 Å². The standard InChI is InChI=1S/C11H24N2O2S/c1-3-11(4-2)6-8-13(10-11)16(14,15)9-5-7-12/h3-10,12H2,1-2H3. The van der Waals surface area contributed by atoms with Crippen LogP contribution in [-0.4, -0.2) is 38.1 Å². The number of nitrogens with two attached hydrogens (primary N) is 1. The molecule has 2 N–H and O–H groups in total. The fourth-order valence-corrected chi connectivity index (χ4v) is 3.98. The van der Waals surface area contributed by atoms with Gasteiger partial charge in [0.1, 0.15) is 0 Å². The fourth-order valence-electron chi connectivity index (χ4n) is 2.35. The van der Waals surface area contributed by atoms with Crippen LogP contribution in [0.2, 0.25) is 0 Å². The zero-order valence-corrected chi connectivity index (χ0v) is 11.2. The van der Waals surface area contributed by atoms with E-state index in [1.54, 1.807) is 4.31 Å². The Morgan fingerprint density at radius 1 is 1.31 bits per heavy atom. The van der Waals surface area contributed by atoms with Crippen molar-refractivity contribution in [2.75, 3.05) is 25.4 Å². The van der Waals surface area contributed by atoms with E-state index in [1.165, 1.54) is 0 Å². The lowest BCUT2D eigenvalue weighted by Crippen LogP contribution is -2.34. The molecule has 1 fully saturated rings. The number of sulfonamides is 1. The van der Waals surface area contributed by atoms with Crippen molar-refractivity contribution >= 4 is 10.0 Å². The molecule has 0 aromatic carbocycles. The first-order valence-corrected chi connectivity index (χ1v) is 7.78. The van der Waals surface area contributed by atoms with Crippen LogP contribution in [0.4, 0.5) is 0 Å². The van der Waals surface area contributed by atoms with Gasteiger partial charge in [-0.1, -0.05) is 13.8 Å². The molecule has 5 heteroatoms. The van der Waals surface area contributed by atoms with Crippen molar-refractivity contribution in [2.45, 2.75) is 39.5 Å². The number of nitrogens with zero attached hydrogens (tertiary/aromatic N) is 1. The lowest BCUT2D eigenvalue weighted by atomic mass is 9.82. The highest BCUT2D eigenvalue weighted by molar-refractivity contribution is 7.89. The Bertz CT molecular complexity index is 310. The Hall–Kier alpha value is -0.130. The smallest absolute Gasteiger partial charge is 0.214 e. The summed E-state index contributed by atoms with van der Waals surface area (Å²) in [6.45, 7) is 6.14. The molecule has 1 aliphatic heterocycles. The van der Waals surface area contributed by atoms with E-state index in [4.69, 9.17) is 5.73 Å². The second kappa shape index (κ2) is 5.47. The molecule has 0 bridgehead atoms. The van der Waals surface area contributed by atoms with Gasteiger partial charge in [0.05, 0.1) is 5.75 Å². The Labute approximate surface area is 99.2 Å². The zero-order valence-electron chi connectivity index (χ0n) is 10.4. The Morgan fingerprint density at radius 3 is 2.38 bits per heavy atom. The molecular weight excluding hydrogens is 224 g/mol. The Balaban J connectivity index is 2.65. The second-order valence-electron chi connectivity index (χ2n) is 4.75. The first-order chi connectivity index (χ1) is 7.49. The SMILES string of the molecule is CCC1(CC)CCN(S(=O)(=O)CCCN)C1. The largest absolute Gasteiger partial charge is 0.330 e. The summed E-state index contributed by atoms with van der Waals surface area (Å²) in [6.07, 6.45) is 3.69. The lowest BCUT2D eigenvalue weighted by molar-refractivity contribution is 0.279. The van der Waals surface area contributed by atoms with Crippen LogP contribution in [0.3, 0.4) is 0 Å². The van der Waals surface area contributed by atoms with Gasteiger partial charge in [0.15, 0.2) is 0 Å². The quantitative estimate of drug-likeness (QED) is 0.767. The average Bonchev–Trinajstić information content (AvgIpc) is 2.72. The first-order valence-electron chi connectivity index (χ1n) is 6.17. The van der Waals surface area contributed by atoms with Crippen molar-refractivity contribution in [1.82, 2.24) is 4.31 Å². The van der Waals surface area contributed by atoms with Crippen LogP contribution < -0.4 is 5.73 Å². The molecule has 0 aromatic heterocycles. The summed E-state index contributed by atoms with van der Waals surface area (Å²) in [5.41, 5.74) is 5.58. The van der Waals surface area contributed by atoms with Gasteiger partial charge in [0, 0.05) is 13.1 Å². The Kier molecular flexibility index (Phi) is 4.76. The number of hydrogen-bond acceptors (Lipinski definition) is 3. The molecule has 1 rings (SSSR count). The third-order valence-electron chi connectivity index (χ3n) is 3.90. The third-order valence-corrected chi connectivity index (χ3v) is 5.81. The molecule has 0 saturated carbocycles. The van der Waals surface area contributed by atoms with E-state index in [0.717, 1.165) is 19.3 Å². The van der Waals surface area contributed by atoms with Gasteiger partial charge >= 0.3 is 0 Å². The number of rotatable bonds is 6. The van der Waals surface area contributed by atoms with Crippen LogP contribution in [0.1, 0.15) is 39.5 Å². The monoisotopic (exact) mass is 248 g/mol. The summed E-state index contributed by atoms with van der Waals surface area (Å²) in [5.74, 6) is 0.201. The van der Waals surface area contributed by atoms with E-state index in [9.17, 15) is 8.42 Å². The summed E-state index contributed by atoms with van der Waals surface area (Å²) in [7, 11) is -3.06. The van der Waals surface area contributed by atoms with Gasteiger partial charge in [-0.3, -0.25) is 0 Å². The van der Waals surface area contributed by atoms with Crippen LogP contribution in [0.15, 0.2) is 0 Å². The molecule has 4 nitrogen and oxygen atoms in total. The van der Waals surface area contributed by atoms with Crippen LogP contribution in [-0.2, 0) is 10.0 Å². The molecule has 0 atom stereocenters. The molecule has 0 aromatic rings. The van der Waals surface area contributed by atoms with Gasteiger partial charge in [0.2, 0.25) is 10.0 Å². The van der Waals surface area contributed by atoms with Crippen molar-refractivity contribution in [3.8, 4) is 0 Å². The zero-order chi connectivity index (χ0) is 12.2. The molecule has 1 saturated heterocycles. The minimum atomic E-state index is -3.06. The minimum absolute atomic E-state index is 0.201. The normalized spacial score (nSPS) is 21.4. The highest BCUT2D eigenvalue weighted by Crippen LogP contribution is 2.38. The molecule has 1 aliphatic rings. The van der Waals surface area contributed by atoms with Crippen LogP contribution >= 0.6 is 0 Å². The van der Waals surface area contributed by atoms with Crippen molar-refractivity contribution in [2.24, 2.45) is 11.1 Å². The van der Waals surface area contributed by atoms with Crippen LogP contribution in [0.25, 0.3) is 0 Å². The highest BCUT2D eigenvalue weighted by Gasteiger charge is 2.39. The maximum Gasteiger partial charge on any atom is 0.214 e. The van der Waals surface area contributed by atoms with Crippen molar-refractivity contribution in [3.05, 3.63) is 0 Å². The third kappa shape index (κ3) is 2.96. The summed E-state index contributed by atoms with van der Waals surface area (Å²) in [4.78, 5) is 0. The molecule has 0 spiro atoms. The van der Waals surface area contributed by atoms with E-state index >= 15 is 0 Å². The van der Waals surface area contributed by atoms with Gasteiger partial charge in [-0.15, -0.1) is 0 Å². The molecule has 1 heterocycles. The molecule has 0 unspecified atom stereocenters. The topological polar surface area (TPSA) is 63.4 Å². The van der Waals surface area contributed by atoms with Crippen molar-refractivity contribution in [1.29, 1.82) is 0 Å². The summed E-state index contributed by atoms with van der Waals surface area (Å²) in [5, 5.41) is 0. The lowest BCUT2D eigenvalue weighted by Gasteiger charge is -2.26. The maximum atomic E-state index is 12.0. The molecular formula is C11H24N2O2S. The van der Waals surface area contributed by atoms with E-state index < -0.39 is 10.0 Å². The molecule has 96 valence electrons. The molecule has 0 amide bonds. The van der Waals surface area contributed by atoms with E-state index in [0.29, 0.717) is 26.1 Å². The fraction of sp³-hybridized carbons (Fsp3) is 1.00. The van der Waals surface area contributed by atoms with E-state index in [2.05, 4.69) is 13.8 Å². The van der Waals surface area contributed by atoms with Gasteiger partial charge in [0.25, 0.3) is 0 Å². The summed E-state index contributed by atoms with van der Waals surface area (Å²) < 4.78 is 25.6. The van der Waals surface area contributed by atoms with Gasteiger partial charge in [-0.2, -0.15) is 0 Å². The van der Waals surface area contributed by atoms with E-state index in [-0.39, 0.29) is 11.2 Å². The first kappa shape index (κ1) is 13.9. The van der Waals surface area contributed by atoms with Gasteiger partial charge in [-0.05, 0) is 37.6 Å². The molecule has 16 heavy (non-hydrogen) atoms. The molecule has 0 aliphatic carbocycles. The van der Waals surface area contributed by atoms with Gasteiger partial charge < -0.3 is 5.73 Å². The maximum absolute atomic E-state index is 12.0. The minimum Gasteiger partial charge on any atom is -0.330 e. The van der Waals surface area contributed by atoms with Crippen molar-refractivity contribution in [3.63, 3.8) is 0 Å². The second-order valence-corrected chi connectivity index (χ2v) is 6.84. The highest BCUT2D eigenvalue weighted by atomic mass is 32.2. The van der Waals surface area contributed by atoms with Crippen molar-refractivity contribution < 1.29 is 8.42 Å². The predicted octanol–water partition coefficient (Wildman–Crippen LogP) is 1.18. The molecule has 0 radical (unpaired) electrons. The number of hydrogen-bond donors (Lipinski definition) is 1. The summed E-state index contributed by atoms with van der Waals surface area (Å²) >= 11 is 0. The van der Waals surface area contributed by atoms with E-state index in [1.807, 2.05) is 0 Å². The van der Waals surface area contributed by atoms with Gasteiger partial charge in [-0.25, -0.2) is 12.7 Å². The van der Waals surface area contributed by atoms with Crippen LogP contribution in [0, 0.1) is 5.41 Å². The Morgan fingerprint density at radius 2 is 1.94 bits per heavy atom. The predicted molar refractivity (Wildman–Crippen MR) is 66.7 cm³/mol. The average molecular weight is 248 g/mol. The summed E-state index contributed by atoms with van der Waals surface area (Å²) in [6, 6.07) is 0.